The standard InChI is InChI=1S/C13H21N3O2/c1-10(2)15(4)8-7-14-13-9-12(16(17)18)6-5-11(13)3/h5-6,9-10,14H,7-8H2,1-4H3. The largest absolute Gasteiger partial charge is 0.383 e. The van der Waals surface area contributed by atoms with E-state index in [1.807, 2.05) is 6.92 Å². The van der Waals surface area contributed by atoms with Gasteiger partial charge in [-0.1, -0.05) is 6.07 Å². The first kappa shape index (κ1) is 14.4. The molecule has 5 heteroatoms. The van der Waals surface area contributed by atoms with E-state index in [0.29, 0.717) is 6.04 Å². The molecule has 0 radical (unpaired) electrons. The topological polar surface area (TPSA) is 58.4 Å². The Morgan fingerprint density at radius 1 is 1.44 bits per heavy atom. The first-order valence-corrected chi connectivity index (χ1v) is 6.11. The van der Waals surface area contributed by atoms with Gasteiger partial charge in [0.15, 0.2) is 0 Å². The number of nitrogens with zero attached hydrogens (tertiary/aromatic N) is 2. The summed E-state index contributed by atoms with van der Waals surface area (Å²) in [6.45, 7) is 7.89. The number of benzene rings is 1. The second-order valence-corrected chi connectivity index (χ2v) is 4.76. The lowest BCUT2D eigenvalue weighted by Gasteiger charge is -2.21. The van der Waals surface area contributed by atoms with Crippen LogP contribution in [0.4, 0.5) is 11.4 Å². The molecule has 0 spiro atoms. The van der Waals surface area contributed by atoms with Crippen molar-refractivity contribution in [3.63, 3.8) is 0 Å². The number of nitrogens with one attached hydrogen (secondary N) is 1. The van der Waals surface area contributed by atoms with E-state index in [-0.39, 0.29) is 10.6 Å². The van der Waals surface area contributed by atoms with Gasteiger partial charge in [0.05, 0.1) is 4.92 Å². The average Bonchev–Trinajstić information content (AvgIpc) is 2.30. The van der Waals surface area contributed by atoms with E-state index >= 15 is 0 Å². The van der Waals surface area contributed by atoms with E-state index in [1.165, 1.54) is 6.07 Å². The van der Waals surface area contributed by atoms with Crippen molar-refractivity contribution in [2.45, 2.75) is 26.8 Å². The summed E-state index contributed by atoms with van der Waals surface area (Å²) in [5, 5.41) is 14.0. The molecule has 1 rings (SSSR count). The van der Waals surface area contributed by atoms with Crippen molar-refractivity contribution in [2.24, 2.45) is 0 Å². The fourth-order valence-corrected chi connectivity index (χ4v) is 1.54. The third kappa shape index (κ3) is 4.00. The Bertz CT molecular complexity index is 419. The normalized spacial score (nSPS) is 11.0. The lowest BCUT2D eigenvalue weighted by molar-refractivity contribution is -0.384. The molecule has 0 saturated heterocycles. The van der Waals surface area contributed by atoms with Gasteiger partial charge in [-0.2, -0.15) is 0 Å². The number of rotatable bonds is 6. The summed E-state index contributed by atoms with van der Waals surface area (Å²) in [5.74, 6) is 0. The van der Waals surface area contributed by atoms with E-state index in [2.05, 4.69) is 31.1 Å². The van der Waals surface area contributed by atoms with E-state index in [0.717, 1.165) is 24.3 Å². The van der Waals surface area contributed by atoms with Gasteiger partial charge in [0.2, 0.25) is 0 Å². The van der Waals surface area contributed by atoms with Crippen LogP contribution < -0.4 is 5.32 Å². The predicted octanol–water partition coefficient (Wildman–Crippen LogP) is 2.66. The van der Waals surface area contributed by atoms with Gasteiger partial charge in [-0.25, -0.2) is 0 Å². The number of hydrogen-bond acceptors (Lipinski definition) is 4. The molecular weight excluding hydrogens is 230 g/mol. The summed E-state index contributed by atoms with van der Waals surface area (Å²) < 4.78 is 0. The van der Waals surface area contributed by atoms with Crippen LogP contribution in [0.3, 0.4) is 0 Å². The van der Waals surface area contributed by atoms with Crippen molar-refractivity contribution in [1.29, 1.82) is 0 Å². The Labute approximate surface area is 108 Å². The Hall–Kier alpha value is -1.62. The molecule has 0 unspecified atom stereocenters. The molecule has 1 aromatic carbocycles. The molecule has 1 aromatic rings. The van der Waals surface area contributed by atoms with Crippen molar-refractivity contribution < 1.29 is 4.92 Å². The van der Waals surface area contributed by atoms with Crippen LogP contribution in [0.15, 0.2) is 18.2 Å². The highest BCUT2D eigenvalue weighted by Gasteiger charge is 2.08. The Morgan fingerprint density at radius 2 is 2.11 bits per heavy atom. The van der Waals surface area contributed by atoms with Crippen LogP contribution in [-0.4, -0.2) is 36.0 Å². The van der Waals surface area contributed by atoms with Crippen LogP contribution >= 0.6 is 0 Å². The van der Waals surface area contributed by atoms with E-state index in [9.17, 15) is 10.1 Å². The van der Waals surface area contributed by atoms with Crippen LogP contribution in [0, 0.1) is 17.0 Å². The number of anilines is 1. The second-order valence-electron chi connectivity index (χ2n) is 4.76. The maximum Gasteiger partial charge on any atom is 0.271 e. The van der Waals surface area contributed by atoms with Crippen LogP contribution in [0.2, 0.25) is 0 Å². The highest BCUT2D eigenvalue weighted by molar-refractivity contribution is 5.56. The maximum absolute atomic E-state index is 10.7. The molecule has 0 aliphatic rings. The summed E-state index contributed by atoms with van der Waals surface area (Å²) in [5.41, 5.74) is 1.98. The first-order chi connectivity index (χ1) is 8.41. The van der Waals surface area contributed by atoms with Gasteiger partial charge < -0.3 is 10.2 Å². The van der Waals surface area contributed by atoms with E-state index < -0.39 is 0 Å². The minimum atomic E-state index is -0.370. The van der Waals surface area contributed by atoms with Crippen molar-refractivity contribution in [3.05, 3.63) is 33.9 Å². The fraction of sp³-hybridized carbons (Fsp3) is 0.538. The fourth-order valence-electron chi connectivity index (χ4n) is 1.54. The van der Waals surface area contributed by atoms with E-state index in [1.54, 1.807) is 12.1 Å². The quantitative estimate of drug-likeness (QED) is 0.623. The SMILES string of the molecule is Cc1ccc([N+](=O)[O-])cc1NCCN(C)C(C)C. The first-order valence-electron chi connectivity index (χ1n) is 6.11. The molecule has 100 valence electrons. The van der Waals surface area contributed by atoms with Crippen LogP contribution in [0.5, 0.6) is 0 Å². The van der Waals surface area contributed by atoms with Gasteiger partial charge in [0, 0.05) is 37.0 Å². The van der Waals surface area contributed by atoms with Gasteiger partial charge in [-0.3, -0.25) is 10.1 Å². The molecule has 0 fully saturated rings. The monoisotopic (exact) mass is 251 g/mol. The molecule has 0 heterocycles. The van der Waals surface area contributed by atoms with Crippen molar-refractivity contribution in [1.82, 2.24) is 4.90 Å². The number of nitro benzene ring substituents is 1. The molecule has 0 atom stereocenters. The molecule has 18 heavy (non-hydrogen) atoms. The molecule has 1 N–H and O–H groups in total. The molecular formula is C13H21N3O2. The van der Waals surface area contributed by atoms with Crippen molar-refractivity contribution in [3.8, 4) is 0 Å². The second kappa shape index (κ2) is 6.35. The smallest absolute Gasteiger partial charge is 0.271 e. The summed E-state index contributed by atoms with van der Waals surface area (Å²) in [6.07, 6.45) is 0. The Morgan fingerprint density at radius 3 is 2.67 bits per heavy atom. The van der Waals surface area contributed by atoms with Crippen LogP contribution in [0.25, 0.3) is 0 Å². The number of nitro groups is 1. The van der Waals surface area contributed by atoms with Gasteiger partial charge in [-0.05, 0) is 33.4 Å². The third-order valence-electron chi connectivity index (χ3n) is 3.09. The summed E-state index contributed by atoms with van der Waals surface area (Å²) in [4.78, 5) is 12.6. The average molecular weight is 251 g/mol. The lowest BCUT2D eigenvalue weighted by Crippen LogP contribution is -2.31. The molecule has 5 nitrogen and oxygen atoms in total. The van der Waals surface area contributed by atoms with Gasteiger partial charge >= 0.3 is 0 Å². The van der Waals surface area contributed by atoms with Gasteiger partial charge in [0.25, 0.3) is 5.69 Å². The number of hydrogen-bond donors (Lipinski definition) is 1. The lowest BCUT2D eigenvalue weighted by atomic mass is 10.2. The third-order valence-corrected chi connectivity index (χ3v) is 3.09. The summed E-state index contributed by atoms with van der Waals surface area (Å²) in [7, 11) is 2.06. The highest BCUT2D eigenvalue weighted by Crippen LogP contribution is 2.21. The predicted molar refractivity (Wildman–Crippen MR) is 74.1 cm³/mol. The van der Waals surface area contributed by atoms with Crippen molar-refractivity contribution in [2.75, 3.05) is 25.5 Å². The molecule has 0 amide bonds. The molecule has 0 aromatic heterocycles. The minimum absolute atomic E-state index is 0.125. The Kier molecular flexibility index (Phi) is 5.09. The molecule has 0 bridgehead atoms. The Balaban J connectivity index is 2.61. The number of non-ortho nitro benzene ring substituents is 1. The summed E-state index contributed by atoms with van der Waals surface area (Å²) in [6, 6.07) is 5.39. The van der Waals surface area contributed by atoms with Gasteiger partial charge in [-0.15, -0.1) is 0 Å². The highest BCUT2D eigenvalue weighted by atomic mass is 16.6. The molecule has 0 aliphatic heterocycles. The van der Waals surface area contributed by atoms with Crippen molar-refractivity contribution >= 4 is 11.4 Å². The maximum atomic E-state index is 10.7. The minimum Gasteiger partial charge on any atom is -0.383 e. The number of aryl methyl sites for hydroxylation is 1. The molecule has 0 saturated carbocycles. The zero-order chi connectivity index (χ0) is 13.7. The zero-order valence-electron chi connectivity index (χ0n) is 11.4. The number of likely N-dealkylation sites (N-methyl/N-ethyl adjacent to an activating group) is 1. The van der Waals surface area contributed by atoms with E-state index in [4.69, 9.17) is 0 Å². The molecule has 0 aliphatic carbocycles. The van der Waals surface area contributed by atoms with Crippen LogP contribution in [0.1, 0.15) is 19.4 Å². The van der Waals surface area contributed by atoms with Crippen LogP contribution in [-0.2, 0) is 0 Å². The summed E-state index contributed by atoms with van der Waals surface area (Å²) >= 11 is 0. The van der Waals surface area contributed by atoms with Gasteiger partial charge in [0.1, 0.15) is 0 Å². The zero-order valence-corrected chi connectivity index (χ0v) is 11.4.